The molecular formula is C22H34IN3O4. The van der Waals surface area contributed by atoms with Gasteiger partial charge in [-0.15, -0.1) is 0 Å². The smallest absolute Gasteiger partial charge is 0.344 e. The molecular weight excluding hydrogens is 497 g/mol. The Bertz CT molecular complexity index is 900. The Morgan fingerprint density at radius 3 is 2.33 bits per heavy atom. The number of ketones is 1. The molecule has 0 aliphatic carbocycles. The van der Waals surface area contributed by atoms with E-state index in [1.807, 2.05) is 19.1 Å². The monoisotopic (exact) mass is 531 g/mol. The second-order valence-electron chi connectivity index (χ2n) is 7.99. The van der Waals surface area contributed by atoms with E-state index in [9.17, 15) is 9.59 Å². The Kier molecular flexibility index (Phi) is 9.74. The van der Waals surface area contributed by atoms with Gasteiger partial charge in [-0.3, -0.25) is 4.79 Å². The van der Waals surface area contributed by atoms with Crippen molar-refractivity contribution in [3.8, 4) is 5.75 Å². The molecule has 1 aromatic carbocycles. The third kappa shape index (κ3) is 5.94. The van der Waals surface area contributed by atoms with E-state index in [0.717, 1.165) is 36.4 Å². The molecule has 0 spiro atoms. The summed E-state index contributed by atoms with van der Waals surface area (Å²) in [6.07, 6.45) is 1.15. The van der Waals surface area contributed by atoms with Crippen molar-refractivity contribution >= 4 is 22.8 Å². The first-order chi connectivity index (χ1) is 13.7. The van der Waals surface area contributed by atoms with Crippen LogP contribution in [0.2, 0.25) is 0 Å². The fourth-order valence-electron chi connectivity index (χ4n) is 3.55. The number of rotatable bonds is 9. The lowest BCUT2D eigenvalue weighted by Crippen LogP contribution is -3.00. The molecule has 1 heterocycles. The van der Waals surface area contributed by atoms with Gasteiger partial charge in [-0.25, -0.2) is 13.9 Å². The van der Waals surface area contributed by atoms with Crippen LogP contribution >= 0.6 is 0 Å². The molecule has 7 nitrogen and oxygen atoms in total. The summed E-state index contributed by atoms with van der Waals surface area (Å²) in [5.41, 5.74) is 7.78. The van der Waals surface area contributed by atoms with Crippen LogP contribution in [0.25, 0.3) is 11.0 Å². The molecule has 168 valence electrons. The Balaban J connectivity index is 0.00000450. The van der Waals surface area contributed by atoms with Crippen LogP contribution in [0.3, 0.4) is 0 Å². The first kappa shape index (κ1) is 26.4. The number of carbonyl (C=O) groups is 2. The van der Waals surface area contributed by atoms with Crippen LogP contribution < -0.4 is 39.0 Å². The van der Waals surface area contributed by atoms with E-state index in [1.54, 1.807) is 20.8 Å². The molecule has 0 bridgehead atoms. The van der Waals surface area contributed by atoms with E-state index in [-0.39, 0.29) is 36.4 Å². The molecule has 2 rings (SSSR count). The largest absolute Gasteiger partial charge is 1.00 e. The van der Waals surface area contributed by atoms with Crippen LogP contribution in [-0.4, -0.2) is 28.5 Å². The number of ether oxygens (including phenoxy) is 2. The predicted molar refractivity (Wildman–Crippen MR) is 112 cm³/mol. The van der Waals surface area contributed by atoms with Gasteiger partial charge in [0.1, 0.15) is 11.4 Å². The van der Waals surface area contributed by atoms with Gasteiger partial charge in [0.15, 0.2) is 23.4 Å². The number of imidazole rings is 1. The molecule has 0 radical (unpaired) electrons. The molecule has 0 aliphatic rings. The minimum Gasteiger partial charge on any atom is -1.00 e. The highest BCUT2D eigenvalue weighted by Gasteiger charge is 2.26. The molecule has 1 aromatic heterocycles. The lowest BCUT2D eigenvalue weighted by molar-refractivity contribution is -0.676. The second-order valence-corrected chi connectivity index (χ2v) is 7.99. The number of carbonyl (C=O) groups excluding carboxylic acids is 2. The minimum absolute atomic E-state index is 0. The Morgan fingerprint density at radius 1 is 1.17 bits per heavy atom. The number of aromatic nitrogens is 2. The van der Waals surface area contributed by atoms with Gasteiger partial charge < -0.3 is 39.2 Å². The minimum atomic E-state index is -0.592. The molecule has 2 aromatic rings. The number of hydrogen-bond donors (Lipinski definition) is 1. The number of hydrogen-bond acceptors (Lipinski definition) is 5. The maximum absolute atomic E-state index is 12.8. The van der Waals surface area contributed by atoms with E-state index >= 15 is 0 Å². The van der Waals surface area contributed by atoms with Gasteiger partial charge in [0.2, 0.25) is 0 Å². The lowest BCUT2D eigenvalue weighted by Gasteiger charge is -2.19. The second kappa shape index (κ2) is 11.1. The third-order valence-corrected chi connectivity index (χ3v) is 4.64. The summed E-state index contributed by atoms with van der Waals surface area (Å²) in [6.45, 7) is 13.1. The van der Waals surface area contributed by atoms with E-state index in [1.165, 1.54) is 0 Å². The first-order valence-corrected chi connectivity index (χ1v) is 10.3. The molecule has 0 saturated heterocycles. The number of benzene rings is 1. The summed E-state index contributed by atoms with van der Waals surface area (Å²) < 4.78 is 15.4. The van der Waals surface area contributed by atoms with E-state index < -0.39 is 11.6 Å². The Hall–Kier alpha value is -1.68. The molecule has 0 saturated carbocycles. The predicted octanol–water partition coefficient (Wildman–Crippen LogP) is 0.135. The Labute approximate surface area is 195 Å². The fourth-order valence-corrected chi connectivity index (χ4v) is 3.55. The summed E-state index contributed by atoms with van der Waals surface area (Å²) in [7, 11) is 0. The normalized spacial score (nSPS) is 11.3. The molecule has 2 N–H and O–H groups in total. The summed E-state index contributed by atoms with van der Waals surface area (Å²) >= 11 is 0. The van der Waals surface area contributed by atoms with Gasteiger partial charge in [0.05, 0.1) is 25.2 Å². The van der Waals surface area contributed by atoms with Crippen LogP contribution in [0.5, 0.6) is 5.75 Å². The molecule has 0 fully saturated rings. The maximum Gasteiger partial charge on any atom is 0.344 e. The fraction of sp³-hybridized carbons (Fsp3) is 0.591. The van der Waals surface area contributed by atoms with Crippen molar-refractivity contribution in [1.29, 1.82) is 0 Å². The Morgan fingerprint density at radius 2 is 1.83 bits per heavy atom. The van der Waals surface area contributed by atoms with E-state index in [4.69, 9.17) is 15.2 Å². The number of nitrogens with zero attached hydrogens (tertiary/aromatic N) is 2. The van der Waals surface area contributed by atoms with Gasteiger partial charge >= 0.3 is 5.97 Å². The number of aryl methyl sites for hydroxylation is 2. The zero-order valence-corrected chi connectivity index (χ0v) is 21.0. The highest BCUT2D eigenvalue weighted by Crippen LogP contribution is 2.28. The van der Waals surface area contributed by atoms with Crippen molar-refractivity contribution in [3.05, 3.63) is 23.5 Å². The third-order valence-electron chi connectivity index (χ3n) is 4.64. The summed E-state index contributed by atoms with van der Waals surface area (Å²) in [6, 6.07) is 3.71. The van der Waals surface area contributed by atoms with E-state index in [0.29, 0.717) is 24.3 Å². The highest BCUT2D eigenvalue weighted by molar-refractivity contribution is 6.01. The molecule has 0 amide bonds. The first-order valence-electron chi connectivity index (χ1n) is 10.3. The number of nitrogens with two attached hydrogens (primary N) is 1. The zero-order chi connectivity index (χ0) is 21.8. The number of esters is 1. The molecule has 0 aliphatic heterocycles. The van der Waals surface area contributed by atoms with Crippen LogP contribution in [0.1, 0.15) is 70.6 Å². The van der Waals surface area contributed by atoms with Crippen molar-refractivity contribution in [1.82, 2.24) is 4.57 Å². The molecule has 0 atom stereocenters. The van der Waals surface area contributed by atoms with Gasteiger partial charge in [0, 0.05) is 18.6 Å². The van der Waals surface area contributed by atoms with Crippen molar-refractivity contribution in [3.63, 3.8) is 0 Å². The number of halogens is 1. The number of fused-ring (bicyclic) bond motifs is 1. The van der Waals surface area contributed by atoms with Crippen LogP contribution in [0.15, 0.2) is 12.1 Å². The highest BCUT2D eigenvalue weighted by atomic mass is 127. The van der Waals surface area contributed by atoms with Crippen LogP contribution in [0, 0.1) is 0 Å². The van der Waals surface area contributed by atoms with E-state index in [2.05, 4.69) is 23.0 Å². The average molecular weight is 531 g/mol. The zero-order valence-electron chi connectivity index (χ0n) is 18.9. The number of Topliss-reactive ketones (excluding diaryl/α,β-unsaturated/α-hetero) is 1. The summed E-state index contributed by atoms with van der Waals surface area (Å²) in [4.78, 5) is 24.9. The maximum atomic E-state index is 12.8. The summed E-state index contributed by atoms with van der Waals surface area (Å²) in [5, 5.41) is 0. The van der Waals surface area contributed by atoms with Crippen molar-refractivity contribution in [2.24, 2.45) is 5.73 Å². The van der Waals surface area contributed by atoms with Gasteiger partial charge in [-0.2, -0.15) is 0 Å². The van der Waals surface area contributed by atoms with Gasteiger partial charge in [0.25, 0.3) is 5.82 Å². The summed E-state index contributed by atoms with van der Waals surface area (Å²) in [5.74, 6) is 0.919. The lowest BCUT2D eigenvalue weighted by atomic mass is 10.0. The quantitative estimate of drug-likeness (QED) is 0.215. The van der Waals surface area contributed by atoms with Gasteiger partial charge in [-0.05, 0) is 41.0 Å². The molecule has 0 unspecified atom stereocenters. The van der Waals surface area contributed by atoms with Crippen molar-refractivity contribution in [2.45, 2.75) is 79.6 Å². The topological polar surface area (TPSA) is 87.4 Å². The SMILES string of the molecule is CCCC(=O)c1cc2c(cc1OCC(=O)OC(C)(C)C)[n+](CC)c(CN)n2CC.[I-]. The van der Waals surface area contributed by atoms with Gasteiger partial charge in [-0.1, -0.05) is 6.92 Å². The standard InChI is InChI=1S/C22H34N3O4.HI/c1-7-10-18(26)15-11-16-17(25(9-3)20(13-23)24(16)8-2)12-19(15)28-14-21(27)29-22(4,5)6;/h11-12H,7-10,13-14,23H2,1-6H3;1H/q+1;/p-1. The van der Waals surface area contributed by atoms with Crippen LogP contribution in [0.4, 0.5) is 0 Å². The average Bonchev–Trinajstić information content (AvgIpc) is 2.95. The molecule has 8 heteroatoms. The molecule has 30 heavy (non-hydrogen) atoms. The van der Waals surface area contributed by atoms with Crippen LogP contribution in [-0.2, 0) is 29.2 Å². The van der Waals surface area contributed by atoms with Crippen molar-refractivity contribution in [2.75, 3.05) is 6.61 Å². The van der Waals surface area contributed by atoms with Crippen molar-refractivity contribution < 1.29 is 47.6 Å².